The van der Waals surface area contributed by atoms with E-state index in [9.17, 15) is 20.2 Å². The van der Waals surface area contributed by atoms with E-state index in [0.29, 0.717) is 32.3 Å². The number of nitrogens with one attached hydrogen (secondary N) is 1. The van der Waals surface area contributed by atoms with E-state index in [2.05, 4.69) is 15.3 Å². The number of nitrogens with zero attached hydrogens (tertiary/aromatic N) is 5. The number of halogens is 1. The second kappa shape index (κ2) is 7.68. The molecule has 1 aliphatic heterocycles. The number of nitro groups is 2. The van der Waals surface area contributed by atoms with Gasteiger partial charge in [0, 0.05) is 25.2 Å². The fraction of sp³-hybridized carbons (Fsp3) is 0.333. The molecule has 0 saturated carbocycles. The van der Waals surface area contributed by atoms with Crippen LogP contribution in [0.15, 0.2) is 18.2 Å². The molecule has 142 valence electrons. The van der Waals surface area contributed by atoms with E-state index in [0.717, 1.165) is 6.07 Å². The van der Waals surface area contributed by atoms with Gasteiger partial charge in [0.2, 0.25) is 11.8 Å². The van der Waals surface area contributed by atoms with E-state index in [1.165, 1.54) is 19.1 Å². The molecule has 1 aromatic carbocycles. The summed E-state index contributed by atoms with van der Waals surface area (Å²) in [6.07, 6.45) is 0. The fourth-order valence-electron chi connectivity index (χ4n) is 2.61. The van der Waals surface area contributed by atoms with E-state index in [1.54, 1.807) is 0 Å². The molecule has 12 heteroatoms. The average Bonchev–Trinajstić information content (AvgIpc) is 2.63. The number of hydrogen-bond donors (Lipinski definition) is 1. The van der Waals surface area contributed by atoms with Crippen molar-refractivity contribution in [3.63, 3.8) is 0 Å². The third-order valence-electron chi connectivity index (χ3n) is 3.94. The summed E-state index contributed by atoms with van der Waals surface area (Å²) in [5.74, 6) is 0.298. The average molecular weight is 395 g/mol. The standard InChI is InChI=1S/C15H15ClN6O5/c1-9-13(22(25)26)14(19-15(17-9)20-4-6-27-7-5-20)18-12-3-2-10(21(23)24)8-11(12)16/h2-3,8H,4-7H2,1H3,(H,17,18,19). The lowest BCUT2D eigenvalue weighted by atomic mass is 10.2. The van der Waals surface area contributed by atoms with Crippen LogP contribution in [0, 0.1) is 27.2 Å². The van der Waals surface area contributed by atoms with Crippen LogP contribution in [0.1, 0.15) is 5.69 Å². The minimum absolute atomic E-state index is 0.0373. The van der Waals surface area contributed by atoms with Gasteiger partial charge in [-0.15, -0.1) is 0 Å². The quantitative estimate of drug-likeness (QED) is 0.599. The van der Waals surface area contributed by atoms with Gasteiger partial charge in [0.05, 0.1) is 33.8 Å². The van der Waals surface area contributed by atoms with Crippen LogP contribution in [0.2, 0.25) is 5.02 Å². The summed E-state index contributed by atoms with van der Waals surface area (Å²) in [4.78, 5) is 31.5. The number of aromatic nitrogens is 2. The number of rotatable bonds is 5. The lowest BCUT2D eigenvalue weighted by Crippen LogP contribution is -2.37. The monoisotopic (exact) mass is 394 g/mol. The molecule has 2 heterocycles. The summed E-state index contributed by atoms with van der Waals surface area (Å²) in [6, 6.07) is 3.78. The van der Waals surface area contributed by atoms with E-state index in [4.69, 9.17) is 16.3 Å². The maximum atomic E-state index is 11.5. The Kier molecular flexibility index (Phi) is 5.33. The van der Waals surface area contributed by atoms with Crippen LogP contribution >= 0.6 is 11.6 Å². The second-order valence-electron chi connectivity index (χ2n) is 5.71. The third kappa shape index (κ3) is 4.04. The first-order valence-electron chi connectivity index (χ1n) is 7.93. The van der Waals surface area contributed by atoms with Crippen molar-refractivity contribution in [1.82, 2.24) is 9.97 Å². The fourth-order valence-corrected chi connectivity index (χ4v) is 2.83. The lowest BCUT2D eigenvalue weighted by Gasteiger charge is -2.27. The number of non-ortho nitro benzene ring substituents is 1. The number of ether oxygens (including phenoxy) is 1. The zero-order valence-electron chi connectivity index (χ0n) is 14.2. The summed E-state index contributed by atoms with van der Waals surface area (Å²) in [6.45, 7) is 3.67. The Bertz CT molecular complexity index is 903. The number of anilines is 3. The van der Waals surface area contributed by atoms with Crippen LogP contribution in [0.25, 0.3) is 0 Å². The van der Waals surface area contributed by atoms with Crippen molar-refractivity contribution in [2.75, 3.05) is 36.5 Å². The van der Waals surface area contributed by atoms with Gasteiger partial charge in [0.25, 0.3) is 5.69 Å². The Hall–Kier alpha value is -3.05. The topological polar surface area (TPSA) is 137 Å². The van der Waals surface area contributed by atoms with Crippen molar-refractivity contribution < 1.29 is 14.6 Å². The van der Waals surface area contributed by atoms with Crippen molar-refractivity contribution in [1.29, 1.82) is 0 Å². The number of aryl methyl sites for hydroxylation is 1. The normalized spacial score (nSPS) is 14.1. The molecule has 2 aromatic rings. The SMILES string of the molecule is Cc1nc(N2CCOCC2)nc(Nc2ccc([N+](=O)[O-])cc2Cl)c1[N+](=O)[O-]. The van der Waals surface area contributed by atoms with Gasteiger partial charge in [-0.3, -0.25) is 20.2 Å². The van der Waals surface area contributed by atoms with E-state index in [-0.39, 0.29) is 33.6 Å². The molecule has 27 heavy (non-hydrogen) atoms. The first-order chi connectivity index (χ1) is 12.9. The first-order valence-corrected chi connectivity index (χ1v) is 8.31. The van der Waals surface area contributed by atoms with Gasteiger partial charge in [-0.2, -0.15) is 4.98 Å². The van der Waals surface area contributed by atoms with Gasteiger partial charge < -0.3 is 15.0 Å². The maximum absolute atomic E-state index is 11.5. The summed E-state index contributed by atoms with van der Waals surface area (Å²) in [7, 11) is 0. The largest absolute Gasteiger partial charge is 0.378 e. The Balaban J connectivity index is 2.00. The zero-order chi connectivity index (χ0) is 19.6. The van der Waals surface area contributed by atoms with Crippen molar-refractivity contribution in [2.45, 2.75) is 6.92 Å². The highest BCUT2D eigenvalue weighted by Gasteiger charge is 2.25. The predicted octanol–water partition coefficient (Wildman–Crippen LogP) is 2.84. The third-order valence-corrected chi connectivity index (χ3v) is 4.25. The highest BCUT2D eigenvalue weighted by Crippen LogP contribution is 2.34. The maximum Gasteiger partial charge on any atom is 0.332 e. The molecule has 1 N–H and O–H groups in total. The van der Waals surface area contributed by atoms with Gasteiger partial charge in [-0.05, 0) is 13.0 Å². The zero-order valence-corrected chi connectivity index (χ0v) is 15.0. The van der Waals surface area contributed by atoms with E-state index >= 15 is 0 Å². The van der Waals surface area contributed by atoms with Crippen LogP contribution in [-0.4, -0.2) is 46.1 Å². The minimum Gasteiger partial charge on any atom is -0.378 e. The molecule has 0 amide bonds. The molecular weight excluding hydrogens is 380 g/mol. The molecule has 1 saturated heterocycles. The molecular formula is C15H15ClN6O5. The predicted molar refractivity (Wildman–Crippen MR) is 97.8 cm³/mol. The number of benzene rings is 1. The summed E-state index contributed by atoms with van der Waals surface area (Å²) in [5, 5.41) is 25.2. The molecule has 0 atom stereocenters. The van der Waals surface area contributed by atoms with E-state index < -0.39 is 9.85 Å². The molecule has 0 aliphatic carbocycles. The summed E-state index contributed by atoms with van der Waals surface area (Å²) >= 11 is 6.08. The van der Waals surface area contributed by atoms with Gasteiger partial charge in [0.1, 0.15) is 5.69 Å². The highest BCUT2D eigenvalue weighted by molar-refractivity contribution is 6.33. The van der Waals surface area contributed by atoms with Gasteiger partial charge in [-0.25, -0.2) is 4.98 Å². The Morgan fingerprint density at radius 2 is 1.89 bits per heavy atom. The lowest BCUT2D eigenvalue weighted by molar-refractivity contribution is -0.385. The smallest absolute Gasteiger partial charge is 0.332 e. The Morgan fingerprint density at radius 1 is 1.19 bits per heavy atom. The van der Waals surface area contributed by atoms with Crippen LogP contribution in [0.3, 0.4) is 0 Å². The molecule has 1 fully saturated rings. The Morgan fingerprint density at radius 3 is 2.48 bits per heavy atom. The van der Waals surface area contributed by atoms with Crippen LogP contribution in [0.4, 0.5) is 28.8 Å². The molecule has 1 aromatic heterocycles. The van der Waals surface area contributed by atoms with Crippen LogP contribution in [-0.2, 0) is 4.74 Å². The molecule has 0 radical (unpaired) electrons. The molecule has 3 rings (SSSR count). The minimum atomic E-state index is -0.583. The van der Waals surface area contributed by atoms with Crippen molar-refractivity contribution in [2.24, 2.45) is 0 Å². The van der Waals surface area contributed by atoms with Crippen LogP contribution in [0.5, 0.6) is 0 Å². The van der Waals surface area contributed by atoms with Crippen molar-refractivity contribution in [3.05, 3.63) is 49.1 Å². The number of nitro benzene ring substituents is 1. The molecule has 0 spiro atoms. The molecule has 0 bridgehead atoms. The van der Waals surface area contributed by atoms with Gasteiger partial charge in [0.15, 0.2) is 0 Å². The van der Waals surface area contributed by atoms with Gasteiger partial charge in [-0.1, -0.05) is 11.6 Å². The van der Waals surface area contributed by atoms with E-state index in [1.807, 2.05) is 4.90 Å². The number of morpholine rings is 1. The van der Waals surface area contributed by atoms with Crippen molar-refractivity contribution in [3.8, 4) is 0 Å². The molecule has 0 unspecified atom stereocenters. The summed E-state index contributed by atoms with van der Waals surface area (Å²) in [5.41, 5.74) is -0.0252. The first kappa shape index (κ1) is 18.7. The van der Waals surface area contributed by atoms with Crippen LogP contribution < -0.4 is 10.2 Å². The Labute approximate surface area is 158 Å². The summed E-state index contributed by atoms with van der Waals surface area (Å²) < 4.78 is 5.29. The second-order valence-corrected chi connectivity index (χ2v) is 6.12. The number of hydrogen-bond acceptors (Lipinski definition) is 9. The molecule has 1 aliphatic rings. The van der Waals surface area contributed by atoms with Gasteiger partial charge >= 0.3 is 5.69 Å². The molecule has 11 nitrogen and oxygen atoms in total. The van der Waals surface area contributed by atoms with Crippen molar-refractivity contribution >= 4 is 40.4 Å². The highest BCUT2D eigenvalue weighted by atomic mass is 35.5.